The molecule has 2 N–H and O–H groups in total. The number of ketones is 2. The van der Waals surface area contributed by atoms with Gasteiger partial charge in [0.2, 0.25) is 11.8 Å². The standard InChI is InChI=1S/C42H32N2O4/c45-39(35-13-7-15-37(29-35)43-41(47)27-23-31-9-3-1-4-10-31)25-21-33-17-19-34(20-18-33)22-26-40(46)36-14-8-16-38(30-36)44-42(48)28-24-32-11-5-2-6-12-32/h1-30H,(H,43,47)(H,44,48). The van der Waals surface area contributed by atoms with E-state index in [9.17, 15) is 19.2 Å². The smallest absolute Gasteiger partial charge is 0.248 e. The summed E-state index contributed by atoms with van der Waals surface area (Å²) in [6, 6.07) is 40.0. The Kier molecular flexibility index (Phi) is 11.3. The summed E-state index contributed by atoms with van der Waals surface area (Å²) in [5.74, 6) is -0.989. The lowest BCUT2D eigenvalue weighted by Crippen LogP contribution is -2.08. The number of carbonyl (C=O) groups excluding carboxylic acids is 4. The van der Waals surface area contributed by atoms with Crippen molar-refractivity contribution in [3.8, 4) is 0 Å². The van der Waals surface area contributed by atoms with Crippen LogP contribution in [0, 0.1) is 0 Å². The highest BCUT2D eigenvalue weighted by Crippen LogP contribution is 2.16. The molecule has 0 saturated carbocycles. The zero-order valence-corrected chi connectivity index (χ0v) is 26.0. The van der Waals surface area contributed by atoms with Crippen LogP contribution in [0.2, 0.25) is 0 Å². The maximum absolute atomic E-state index is 12.8. The second-order valence-electron chi connectivity index (χ2n) is 10.7. The van der Waals surface area contributed by atoms with Crippen molar-refractivity contribution in [2.45, 2.75) is 0 Å². The molecule has 5 rings (SSSR count). The Morgan fingerprint density at radius 3 is 1.12 bits per heavy atom. The number of nitrogens with one attached hydrogen (secondary N) is 2. The predicted octanol–water partition coefficient (Wildman–Crippen LogP) is 8.78. The third kappa shape index (κ3) is 10.2. The Labute approximate surface area is 279 Å². The highest BCUT2D eigenvalue weighted by Gasteiger charge is 2.06. The van der Waals surface area contributed by atoms with Gasteiger partial charge in [-0.2, -0.15) is 0 Å². The number of hydrogen-bond donors (Lipinski definition) is 2. The first-order valence-corrected chi connectivity index (χ1v) is 15.2. The van der Waals surface area contributed by atoms with E-state index in [1.165, 1.54) is 24.3 Å². The van der Waals surface area contributed by atoms with Crippen molar-refractivity contribution in [3.63, 3.8) is 0 Å². The van der Waals surface area contributed by atoms with Crippen LogP contribution >= 0.6 is 0 Å². The van der Waals surface area contributed by atoms with E-state index in [1.54, 1.807) is 72.8 Å². The largest absolute Gasteiger partial charge is 0.322 e. The number of anilines is 2. The van der Waals surface area contributed by atoms with Crippen molar-refractivity contribution in [1.29, 1.82) is 0 Å². The minimum absolute atomic E-state index is 0.203. The van der Waals surface area contributed by atoms with Gasteiger partial charge in [-0.15, -0.1) is 0 Å². The fourth-order valence-electron chi connectivity index (χ4n) is 4.59. The molecule has 0 unspecified atom stereocenters. The molecule has 0 heterocycles. The summed E-state index contributed by atoms with van der Waals surface area (Å²) in [6.45, 7) is 0. The molecule has 5 aromatic carbocycles. The van der Waals surface area contributed by atoms with E-state index in [0.29, 0.717) is 22.5 Å². The lowest BCUT2D eigenvalue weighted by Gasteiger charge is -2.04. The summed E-state index contributed by atoms with van der Waals surface area (Å²) in [7, 11) is 0. The molecule has 0 saturated heterocycles. The molecule has 0 atom stereocenters. The van der Waals surface area contributed by atoms with E-state index in [4.69, 9.17) is 0 Å². The van der Waals surface area contributed by atoms with E-state index in [1.807, 2.05) is 84.9 Å². The van der Waals surface area contributed by atoms with Gasteiger partial charge in [-0.05, 0) is 70.8 Å². The summed E-state index contributed by atoms with van der Waals surface area (Å²) in [4.78, 5) is 50.3. The average Bonchev–Trinajstić information content (AvgIpc) is 3.12. The topological polar surface area (TPSA) is 92.3 Å². The van der Waals surface area contributed by atoms with Crippen LogP contribution in [0.3, 0.4) is 0 Å². The van der Waals surface area contributed by atoms with Gasteiger partial charge in [0.25, 0.3) is 0 Å². The number of benzene rings is 5. The molecular weight excluding hydrogens is 596 g/mol. The van der Waals surface area contributed by atoms with Crippen molar-refractivity contribution >= 4 is 59.1 Å². The fraction of sp³-hybridized carbons (Fsp3) is 0. The van der Waals surface area contributed by atoms with Gasteiger partial charge in [0.1, 0.15) is 0 Å². The van der Waals surface area contributed by atoms with Crippen molar-refractivity contribution < 1.29 is 19.2 Å². The third-order valence-corrected chi connectivity index (χ3v) is 7.07. The van der Waals surface area contributed by atoms with Gasteiger partial charge in [-0.1, -0.05) is 121 Å². The second-order valence-corrected chi connectivity index (χ2v) is 10.7. The minimum Gasteiger partial charge on any atom is -0.322 e. The van der Waals surface area contributed by atoms with Gasteiger partial charge in [0.05, 0.1) is 0 Å². The summed E-state index contributed by atoms with van der Waals surface area (Å²) < 4.78 is 0. The van der Waals surface area contributed by atoms with Gasteiger partial charge >= 0.3 is 0 Å². The van der Waals surface area contributed by atoms with E-state index in [0.717, 1.165) is 22.3 Å². The fourth-order valence-corrected chi connectivity index (χ4v) is 4.59. The molecule has 0 aliphatic rings. The van der Waals surface area contributed by atoms with Crippen molar-refractivity contribution in [2.75, 3.05) is 10.6 Å². The molecule has 0 spiro atoms. The Morgan fingerprint density at radius 1 is 0.375 bits per heavy atom. The Hall–Kier alpha value is -6.66. The number of hydrogen-bond acceptors (Lipinski definition) is 4. The maximum atomic E-state index is 12.8. The monoisotopic (exact) mass is 628 g/mol. The van der Waals surface area contributed by atoms with Crippen LogP contribution in [0.25, 0.3) is 24.3 Å². The van der Waals surface area contributed by atoms with E-state index >= 15 is 0 Å². The van der Waals surface area contributed by atoms with Crippen LogP contribution in [-0.4, -0.2) is 23.4 Å². The Balaban J connectivity index is 1.13. The van der Waals surface area contributed by atoms with Crippen molar-refractivity contribution in [1.82, 2.24) is 0 Å². The molecule has 234 valence electrons. The van der Waals surface area contributed by atoms with Gasteiger partial charge in [0.15, 0.2) is 11.6 Å². The van der Waals surface area contributed by atoms with E-state index in [2.05, 4.69) is 10.6 Å². The SMILES string of the molecule is O=C(C=Cc1ccccc1)Nc1cccc(C(=O)C=Cc2ccc(C=CC(=O)c3cccc(NC(=O)C=Cc4ccccc4)c3)cc2)c1. The van der Waals surface area contributed by atoms with Gasteiger partial charge in [-0.25, -0.2) is 0 Å². The average molecular weight is 629 g/mol. The van der Waals surface area contributed by atoms with Crippen LogP contribution < -0.4 is 10.6 Å². The quantitative estimate of drug-likeness (QED) is 0.107. The number of amides is 2. The lowest BCUT2D eigenvalue weighted by atomic mass is 10.1. The summed E-state index contributed by atoms with van der Waals surface area (Å²) in [5, 5.41) is 5.57. The van der Waals surface area contributed by atoms with Crippen molar-refractivity contribution in [3.05, 3.63) is 191 Å². The number of rotatable bonds is 12. The van der Waals surface area contributed by atoms with Gasteiger partial charge in [0, 0.05) is 34.7 Å². The Morgan fingerprint density at radius 2 is 0.729 bits per heavy atom. The molecule has 48 heavy (non-hydrogen) atoms. The summed E-state index contributed by atoms with van der Waals surface area (Å²) >= 11 is 0. The van der Waals surface area contributed by atoms with Crippen LogP contribution in [0.1, 0.15) is 43.0 Å². The first kappa shape index (κ1) is 32.7. The number of allylic oxidation sites excluding steroid dienone is 2. The number of carbonyl (C=O) groups is 4. The molecule has 0 fully saturated rings. The third-order valence-electron chi connectivity index (χ3n) is 7.07. The van der Waals surface area contributed by atoms with E-state index in [-0.39, 0.29) is 23.4 Å². The molecule has 6 heteroatoms. The lowest BCUT2D eigenvalue weighted by molar-refractivity contribution is -0.112. The molecular formula is C42H32N2O4. The zero-order valence-electron chi connectivity index (χ0n) is 26.0. The molecule has 0 aliphatic heterocycles. The summed E-state index contributed by atoms with van der Waals surface area (Å²) in [5.41, 5.74) is 5.39. The molecule has 0 aliphatic carbocycles. The first-order chi connectivity index (χ1) is 23.4. The van der Waals surface area contributed by atoms with Gasteiger partial charge in [-0.3, -0.25) is 19.2 Å². The predicted molar refractivity (Wildman–Crippen MR) is 194 cm³/mol. The minimum atomic E-state index is -0.292. The summed E-state index contributed by atoms with van der Waals surface area (Å²) in [6.07, 6.45) is 12.7. The highest BCUT2D eigenvalue weighted by molar-refractivity contribution is 6.09. The van der Waals surface area contributed by atoms with Gasteiger partial charge < -0.3 is 10.6 Å². The molecule has 2 amide bonds. The molecule has 0 radical (unpaired) electrons. The molecule has 6 nitrogen and oxygen atoms in total. The molecule has 5 aromatic rings. The Bertz CT molecular complexity index is 1880. The van der Waals surface area contributed by atoms with E-state index < -0.39 is 0 Å². The normalized spacial score (nSPS) is 11.3. The molecule has 0 aromatic heterocycles. The maximum Gasteiger partial charge on any atom is 0.248 e. The zero-order chi connectivity index (χ0) is 33.6. The van der Waals surface area contributed by atoms with Crippen LogP contribution in [0.15, 0.2) is 158 Å². The second kappa shape index (κ2) is 16.6. The first-order valence-electron chi connectivity index (χ1n) is 15.2. The highest BCUT2D eigenvalue weighted by atomic mass is 16.2. The molecule has 0 bridgehead atoms. The van der Waals surface area contributed by atoms with Crippen LogP contribution in [0.4, 0.5) is 11.4 Å². The van der Waals surface area contributed by atoms with Crippen LogP contribution in [-0.2, 0) is 9.59 Å². The van der Waals surface area contributed by atoms with Crippen LogP contribution in [0.5, 0.6) is 0 Å². The van der Waals surface area contributed by atoms with Crippen molar-refractivity contribution in [2.24, 2.45) is 0 Å².